The minimum absolute atomic E-state index is 0.0386. The number of hydrogen-bond donors (Lipinski definition) is 1. The van der Waals surface area contributed by atoms with Gasteiger partial charge in [0.1, 0.15) is 11.5 Å². The number of carbonyl (C=O) groups excluding carboxylic acids is 2. The molecule has 0 spiro atoms. The van der Waals surface area contributed by atoms with Crippen molar-refractivity contribution < 1.29 is 40.0 Å². The summed E-state index contributed by atoms with van der Waals surface area (Å²) in [6.45, 7) is 2.16. The van der Waals surface area contributed by atoms with Gasteiger partial charge in [0, 0.05) is 25.4 Å². The molecule has 1 N–H and O–H groups in total. The third kappa shape index (κ3) is 6.77. The molecular formula is C30H30F5N5O4S. The molecule has 2 aliphatic rings. The molecule has 0 saturated heterocycles. The van der Waals surface area contributed by atoms with Crippen molar-refractivity contribution in [2.24, 2.45) is 5.41 Å². The smallest absolute Gasteiger partial charge is 0.334 e. The molecule has 1 atom stereocenters. The number of carbonyl (C=O) groups is 2. The molecule has 1 aliphatic heterocycles. The summed E-state index contributed by atoms with van der Waals surface area (Å²) in [6.07, 6.45) is -2.09. The Morgan fingerprint density at radius 2 is 1.67 bits per heavy atom. The van der Waals surface area contributed by atoms with Crippen LogP contribution in [0.4, 0.5) is 33.6 Å². The average molecular weight is 652 g/mol. The normalized spacial score (nSPS) is 16.9. The second kappa shape index (κ2) is 11.7. The van der Waals surface area contributed by atoms with E-state index in [0.717, 1.165) is 50.0 Å². The Hall–Kier alpha value is -4.14. The fraction of sp³-hybridized carbons (Fsp3) is 0.400. The van der Waals surface area contributed by atoms with Gasteiger partial charge in [-0.1, -0.05) is 18.2 Å². The van der Waals surface area contributed by atoms with Gasteiger partial charge in [0.05, 0.1) is 28.5 Å². The third-order valence-corrected chi connectivity index (χ3v) is 8.99. The van der Waals surface area contributed by atoms with Crippen LogP contribution in [-0.4, -0.2) is 53.8 Å². The molecule has 1 saturated carbocycles. The van der Waals surface area contributed by atoms with E-state index in [4.69, 9.17) is 0 Å². The van der Waals surface area contributed by atoms with Crippen LogP contribution < -0.4 is 10.2 Å². The Morgan fingerprint density at radius 3 is 2.20 bits per heavy atom. The maximum atomic E-state index is 13.8. The summed E-state index contributed by atoms with van der Waals surface area (Å²) in [4.78, 5) is 38.4. The zero-order valence-corrected chi connectivity index (χ0v) is 25.3. The van der Waals surface area contributed by atoms with E-state index in [1.54, 1.807) is 0 Å². The van der Waals surface area contributed by atoms with Gasteiger partial charge in [-0.2, -0.15) is 13.2 Å². The fourth-order valence-electron chi connectivity index (χ4n) is 5.08. The molecule has 2 aromatic carbocycles. The number of fused-ring (bicyclic) bond motifs is 1. The largest absolute Gasteiger partial charge is 0.416 e. The van der Waals surface area contributed by atoms with Crippen LogP contribution in [0.1, 0.15) is 55.0 Å². The van der Waals surface area contributed by atoms with Gasteiger partial charge in [0.15, 0.2) is 9.84 Å². The van der Waals surface area contributed by atoms with Gasteiger partial charge < -0.3 is 15.1 Å². The number of halogens is 5. The lowest BCUT2D eigenvalue weighted by Crippen LogP contribution is -2.46. The molecule has 0 bridgehead atoms. The SMILES string of the molecule is CC(C)(C(=O)N1Cc2cc(S(C)(=O)=O)ccc2[C@@H]1C(=O)Nc1cnc(N(Cc2ccc(C(F)(F)F)cc2)C2CC2)nc1)C(F)F. The highest BCUT2D eigenvalue weighted by atomic mass is 32.2. The molecule has 1 aromatic heterocycles. The number of alkyl halides is 5. The predicted molar refractivity (Wildman–Crippen MR) is 154 cm³/mol. The van der Waals surface area contributed by atoms with Gasteiger partial charge >= 0.3 is 6.18 Å². The summed E-state index contributed by atoms with van der Waals surface area (Å²) in [5.41, 5.74) is -1.45. The fourth-order valence-corrected chi connectivity index (χ4v) is 5.76. The van der Waals surface area contributed by atoms with E-state index >= 15 is 0 Å². The lowest BCUT2D eigenvalue weighted by molar-refractivity contribution is -0.153. The van der Waals surface area contributed by atoms with Crippen LogP contribution in [0.5, 0.6) is 0 Å². The number of sulfone groups is 1. The van der Waals surface area contributed by atoms with Gasteiger partial charge in [-0.3, -0.25) is 9.59 Å². The molecular weight excluding hydrogens is 621 g/mol. The summed E-state index contributed by atoms with van der Waals surface area (Å²) in [7, 11) is -3.62. The highest BCUT2D eigenvalue weighted by Crippen LogP contribution is 2.40. The first-order valence-corrected chi connectivity index (χ1v) is 15.8. The lowest BCUT2D eigenvalue weighted by atomic mass is 9.91. The van der Waals surface area contributed by atoms with Crippen LogP contribution in [-0.2, 0) is 38.7 Å². The van der Waals surface area contributed by atoms with Gasteiger partial charge in [-0.05, 0) is 67.6 Å². The highest BCUT2D eigenvalue weighted by Gasteiger charge is 2.47. The van der Waals surface area contributed by atoms with E-state index in [1.165, 1.54) is 42.7 Å². The second-order valence-electron chi connectivity index (χ2n) is 11.8. The molecule has 0 radical (unpaired) electrons. The first kappa shape index (κ1) is 32.3. The predicted octanol–water partition coefficient (Wildman–Crippen LogP) is 5.38. The van der Waals surface area contributed by atoms with E-state index in [9.17, 15) is 40.0 Å². The topological polar surface area (TPSA) is 113 Å². The Morgan fingerprint density at radius 1 is 1.04 bits per heavy atom. The van der Waals surface area contributed by atoms with Crippen LogP contribution in [0.2, 0.25) is 0 Å². The zero-order chi connectivity index (χ0) is 32.9. The number of anilines is 2. The molecule has 9 nitrogen and oxygen atoms in total. The maximum absolute atomic E-state index is 13.8. The number of aromatic nitrogens is 2. The average Bonchev–Trinajstić information content (AvgIpc) is 3.74. The van der Waals surface area contributed by atoms with E-state index in [0.29, 0.717) is 22.6 Å². The summed E-state index contributed by atoms with van der Waals surface area (Å²) in [5.74, 6) is -1.42. The van der Waals surface area contributed by atoms with Gasteiger partial charge in [0.25, 0.3) is 12.3 Å². The molecule has 5 rings (SSSR count). The van der Waals surface area contributed by atoms with E-state index in [2.05, 4.69) is 15.3 Å². The van der Waals surface area contributed by atoms with E-state index in [-0.39, 0.29) is 29.7 Å². The van der Waals surface area contributed by atoms with Crippen LogP contribution in [0.3, 0.4) is 0 Å². The van der Waals surface area contributed by atoms with Crippen molar-refractivity contribution >= 4 is 33.3 Å². The number of rotatable bonds is 9. The first-order valence-electron chi connectivity index (χ1n) is 13.9. The number of amides is 2. The molecule has 3 aromatic rings. The minimum atomic E-state index is -4.44. The zero-order valence-electron chi connectivity index (χ0n) is 24.5. The highest BCUT2D eigenvalue weighted by molar-refractivity contribution is 7.90. The minimum Gasteiger partial charge on any atom is -0.334 e. The van der Waals surface area contributed by atoms with Crippen molar-refractivity contribution in [3.63, 3.8) is 0 Å². The van der Waals surface area contributed by atoms with E-state index < -0.39 is 51.3 Å². The van der Waals surface area contributed by atoms with Gasteiger partial charge in [-0.25, -0.2) is 27.2 Å². The van der Waals surface area contributed by atoms with Crippen molar-refractivity contribution in [3.8, 4) is 0 Å². The van der Waals surface area contributed by atoms with Crippen LogP contribution in [0.25, 0.3) is 0 Å². The molecule has 2 amide bonds. The quantitative estimate of drug-likeness (QED) is 0.309. The van der Waals surface area contributed by atoms with Gasteiger partial charge in [-0.15, -0.1) is 0 Å². The van der Waals surface area contributed by atoms with Crippen molar-refractivity contribution in [3.05, 3.63) is 77.1 Å². The van der Waals surface area contributed by atoms with Crippen LogP contribution >= 0.6 is 0 Å². The summed E-state index contributed by atoms with van der Waals surface area (Å²) in [5, 5.41) is 2.63. The molecule has 0 unspecified atom stereocenters. The van der Waals surface area contributed by atoms with Crippen molar-refractivity contribution in [2.75, 3.05) is 16.5 Å². The Balaban J connectivity index is 1.37. The molecule has 1 fully saturated rings. The number of benzene rings is 2. The molecule has 45 heavy (non-hydrogen) atoms. The summed E-state index contributed by atoms with van der Waals surface area (Å²) < 4.78 is 90.7. The number of nitrogens with zero attached hydrogens (tertiary/aromatic N) is 4. The van der Waals surface area contributed by atoms with Gasteiger partial charge in [0.2, 0.25) is 11.9 Å². The Bertz CT molecular complexity index is 1710. The Labute approximate surface area is 256 Å². The number of hydrogen-bond acceptors (Lipinski definition) is 7. The van der Waals surface area contributed by atoms with Crippen molar-refractivity contribution in [1.82, 2.24) is 14.9 Å². The standard InChI is InChI=1S/C30H30F5N5O4S/c1-29(2,26(31)32)27(42)40-16-18-12-22(45(3,43)44)10-11-23(18)24(40)25(41)38-20-13-36-28(37-14-20)39(21-8-9-21)15-17-4-6-19(7-5-17)30(33,34)35/h4-7,10-14,21,24,26H,8-9,15-16H2,1-3H3,(H,38,41)/t24-/m1/s1. The first-order chi connectivity index (χ1) is 21.0. The van der Waals surface area contributed by atoms with Crippen molar-refractivity contribution in [2.45, 2.75) is 69.4 Å². The molecule has 15 heteroatoms. The monoisotopic (exact) mass is 651 g/mol. The lowest BCUT2D eigenvalue weighted by Gasteiger charge is -2.32. The molecule has 1 aliphatic carbocycles. The molecule has 240 valence electrons. The van der Waals surface area contributed by atoms with Crippen molar-refractivity contribution in [1.29, 1.82) is 0 Å². The number of nitrogens with one attached hydrogen (secondary N) is 1. The Kier molecular flexibility index (Phi) is 8.36. The summed E-state index contributed by atoms with van der Waals surface area (Å²) in [6, 6.07) is 7.60. The maximum Gasteiger partial charge on any atom is 0.416 e. The second-order valence-corrected chi connectivity index (χ2v) is 13.8. The van der Waals surface area contributed by atoms with E-state index in [1.807, 2.05) is 4.90 Å². The molecule has 2 heterocycles. The summed E-state index contributed by atoms with van der Waals surface area (Å²) >= 11 is 0. The third-order valence-electron chi connectivity index (χ3n) is 7.88. The van der Waals surface area contributed by atoms with Crippen LogP contribution in [0, 0.1) is 5.41 Å². The van der Waals surface area contributed by atoms with Crippen LogP contribution in [0.15, 0.2) is 59.8 Å².